The highest BCUT2D eigenvalue weighted by Gasteiger charge is 2.41. The minimum absolute atomic E-state index is 0.0362. The SMILES string of the molecule is COc1c(/C=C2\CC[C@H]3CC[C@@H](c4ccc(Cl)cc4)N3C2=O)cccc1-c1[nH]c[n+](COP(=O)(O)O)c1C. The molecule has 1 amide bonds. The molecule has 2 saturated heterocycles. The molecular weight excluding hydrogens is 529 g/mol. The van der Waals surface area contributed by atoms with Gasteiger partial charge in [-0.25, -0.2) is 18.6 Å². The van der Waals surface area contributed by atoms with Gasteiger partial charge in [-0.05, 0) is 55.5 Å². The second kappa shape index (κ2) is 10.7. The zero-order chi connectivity index (χ0) is 27.0. The van der Waals surface area contributed by atoms with Crippen LogP contribution in [0.15, 0.2) is 54.4 Å². The molecule has 0 saturated carbocycles. The van der Waals surface area contributed by atoms with E-state index in [0.29, 0.717) is 28.6 Å². The fraction of sp³-hybridized carbons (Fsp3) is 0.333. The Bertz CT molecular complexity index is 1430. The number of aromatic nitrogens is 2. The van der Waals surface area contributed by atoms with E-state index in [0.717, 1.165) is 41.5 Å². The van der Waals surface area contributed by atoms with Crippen LogP contribution in [0.4, 0.5) is 0 Å². The van der Waals surface area contributed by atoms with E-state index in [4.69, 9.17) is 26.1 Å². The summed E-state index contributed by atoms with van der Waals surface area (Å²) in [5.41, 5.74) is 4.81. The van der Waals surface area contributed by atoms with Crippen molar-refractivity contribution in [3.63, 3.8) is 0 Å². The van der Waals surface area contributed by atoms with Crippen molar-refractivity contribution in [2.24, 2.45) is 0 Å². The molecule has 0 bridgehead atoms. The number of para-hydroxylation sites is 1. The number of carbonyl (C=O) groups is 1. The summed E-state index contributed by atoms with van der Waals surface area (Å²) in [6, 6.07) is 13.7. The molecule has 0 radical (unpaired) electrons. The van der Waals surface area contributed by atoms with Gasteiger partial charge in [-0.2, -0.15) is 0 Å². The third kappa shape index (κ3) is 5.30. The third-order valence-electron chi connectivity index (χ3n) is 7.38. The summed E-state index contributed by atoms with van der Waals surface area (Å²) in [4.78, 5) is 37.0. The highest BCUT2D eigenvalue weighted by molar-refractivity contribution is 7.46. The molecule has 38 heavy (non-hydrogen) atoms. The number of methoxy groups -OCH3 is 1. The third-order valence-corrected chi connectivity index (χ3v) is 8.09. The zero-order valence-electron chi connectivity index (χ0n) is 21.1. The Morgan fingerprint density at radius 1 is 1.18 bits per heavy atom. The van der Waals surface area contributed by atoms with Gasteiger partial charge in [0.1, 0.15) is 11.4 Å². The molecule has 200 valence electrons. The lowest BCUT2D eigenvalue weighted by Crippen LogP contribution is -2.41. The summed E-state index contributed by atoms with van der Waals surface area (Å²) in [7, 11) is -3.02. The van der Waals surface area contributed by atoms with Crippen LogP contribution in [-0.4, -0.2) is 38.7 Å². The van der Waals surface area contributed by atoms with Crippen molar-refractivity contribution in [3.05, 3.63) is 76.2 Å². The highest BCUT2D eigenvalue weighted by Crippen LogP contribution is 2.43. The van der Waals surface area contributed by atoms with E-state index in [-0.39, 0.29) is 24.7 Å². The van der Waals surface area contributed by atoms with Crippen molar-refractivity contribution in [2.75, 3.05) is 7.11 Å². The maximum Gasteiger partial charge on any atom is 0.472 e. The number of benzene rings is 2. The van der Waals surface area contributed by atoms with Gasteiger partial charge in [-0.1, -0.05) is 35.9 Å². The number of rotatable bonds is 7. The number of phosphoric ester groups is 1. The Morgan fingerprint density at radius 3 is 2.66 bits per heavy atom. The van der Waals surface area contributed by atoms with Crippen LogP contribution in [0.5, 0.6) is 5.75 Å². The zero-order valence-corrected chi connectivity index (χ0v) is 22.8. The molecule has 0 unspecified atom stereocenters. The summed E-state index contributed by atoms with van der Waals surface area (Å²) < 4.78 is 23.1. The van der Waals surface area contributed by atoms with Crippen molar-refractivity contribution in [1.82, 2.24) is 9.88 Å². The standard InChI is InChI=1S/C27H29ClN3O6P/c1-17-25(29-15-30(17)16-37-38(33,34)35)23-5-3-4-19(26(23)36-2)14-20-8-11-22-12-13-24(31(22)27(20)32)18-6-9-21(28)10-7-18/h3-7,9-10,14-15,22,24H,8,11-13,16H2,1-2H3,(H2,33,34,35)/p+1/b20-14+/t22-,24-/m0/s1. The fourth-order valence-corrected chi connectivity index (χ4v) is 5.93. The lowest BCUT2D eigenvalue weighted by Gasteiger charge is -2.35. The Balaban J connectivity index is 1.45. The second-order valence-electron chi connectivity index (χ2n) is 9.60. The molecule has 2 atom stereocenters. The number of nitrogens with zero attached hydrogens (tertiary/aromatic N) is 2. The minimum atomic E-state index is -4.61. The van der Waals surface area contributed by atoms with Crippen LogP contribution in [0.3, 0.4) is 0 Å². The van der Waals surface area contributed by atoms with E-state index in [9.17, 15) is 9.36 Å². The molecule has 2 aliphatic heterocycles. The number of nitrogens with one attached hydrogen (secondary N) is 1. The minimum Gasteiger partial charge on any atom is -0.495 e. The van der Waals surface area contributed by atoms with E-state index in [1.807, 2.05) is 60.4 Å². The fourth-order valence-electron chi connectivity index (χ4n) is 5.53. The molecule has 2 fully saturated rings. The number of fused-ring (bicyclic) bond motifs is 1. The lowest BCUT2D eigenvalue weighted by atomic mass is 9.94. The molecule has 3 aromatic rings. The lowest BCUT2D eigenvalue weighted by molar-refractivity contribution is -0.729. The Labute approximate surface area is 225 Å². The Morgan fingerprint density at radius 2 is 1.95 bits per heavy atom. The van der Waals surface area contributed by atoms with E-state index < -0.39 is 7.82 Å². The first kappa shape index (κ1) is 26.7. The molecule has 3 heterocycles. The number of piperidine rings is 1. The number of carbonyl (C=O) groups excluding carboxylic acids is 1. The molecule has 0 aliphatic carbocycles. The van der Waals surface area contributed by atoms with Crippen LogP contribution in [0.2, 0.25) is 5.02 Å². The number of hydrogen-bond donors (Lipinski definition) is 3. The van der Waals surface area contributed by atoms with Gasteiger partial charge in [0.25, 0.3) is 5.91 Å². The maximum absolute atomic E-state index is 13.7. The molecule has 9 nitrogen and oxygen atoms in total. The van der Waals surface area contributed by atoms with Crippen molar-refractivity contribution < 1.29 is 33.0 Å². The van der Waals surface area contributed by atoms with E-state index in [1.165, 1.54) is 0 Å². The first-order valence-electron chi connectivity index (χ1n) is 12.4. The summed E-state index contributed by atoms with van der Waals surface area (Å²) in [5.74, 6) is 0.647. The van der Waals surface area contributed by atoms with Gasteiger partial charge < -0.3 is 19.4 Å². The summed E-state index contributed by atoms with van der Waals surface area (Å²) >= 11 is 6.09. The number of hydrogen-bond acceptors (Lipinski definition) is 4. The van der Waals surface area contributed by atoms with Gasteiger partial charge in [0.2, 0.25) is 13.1 Å². The second-order valence-corrected chi connectivity index (χ2v) is 11.3. The molecule has 0 spiro atoms. The smallest absolute Gasteiger partial charge is 0.472 e. The summed E-state index contributed by atoms with van der Waals surface area (Å²) in [6.07, 6.45) is 7.03. The first-order chi connectivity index (χ1) is 18.2. The molecule has 1 aromatic heterocycles. The van der Waals surface area contributed by atoms with Gasteiger partial charge in [0.15, 0.2) is 5.69 Å². The number of ether oxygens (including phenoxy) is 1. The van der Waals surface area contributed by atoms with Crippen LogP contribution in [-0.2, 0) is 20.6 Å². The molecule has 5 rings (SSSR count). The maximum atomic E-state index is 13.7. The molecule has 2 aliphatic rings. The van der Waals surface area contributed by atoms with Crippen molar-refractivity contribution in [3.8, 4) is 17.0 Å². The molecule has 3 N–H and O–H groups in total. The molecule has 11 heteroatoms. The first-order valence-corrected chi connectivity index (χ1v) is 14.3. The Hall–Kier alpha value is -2.94. The normalized spacial score (nSPS) is 20.7. The van der Waals surface area contributed by atoms with Crippen LogP contribution >= 0.6 is 19.4 Å². The van der Waals surface area contributed by atoms with Crippen molar-refractivity contribution in [2.45, 2.75) is 51.4 Å². The average molecular weight is 559 g/mol. The monoisotopic (exact) mass is 558 g/mol. The number of H-pyrrole nitrogens is 1. The summed E-state index contributed by atoms with van der Waals surface area (Å²) in [5, 5.41) is 0.679. The van der Waals surface area contributed by atoms with Gasteiger partial charge in [0, 0.05) is 29.1 Å². The van der Waals surface area contributed by atoms with Gasteiger partial charge in [0.05, 0.1) is 18.7 Å². The van der Waals surface area contributed by atoms with Crippen molar-refractivity contribution >= 4 is 31.4 Å². The van der Waals surface area contributed by atoms with E-state index >= 15 is 0 Å². The quantitative estimate of drug-likeness (QED) is 0.215. The van der Waals surface area contributed by atoms with E-state index in [2.05, 4.69) is 9.51 Å². The van der Waals surface area contributed by atoms with Crippen LogP contribution in [0.25, 0.3) is 17.3 Å². The molecule has 2 aromatic carbocycles. The van der Waals surface area contributed by atoms with Gasteiger partial charge >= 0.3 is 7.82 Å². The number of phosphoric acid groups is 1. The topological polar surface area (TPSA) is 116 Å². The van der Waals surface area contributed by atoms with E-state index in [1.54, 1.807) is 18.0 Å². The van der Waals surface area contributed by atoms with Crippen LogP contribution < -0.4 is 9.30 Å². The Kier molecular flexibility index (Phi) is 7.49. The summed E-state index contributed by atoms with van der Waals surface area (Å²) in [6.45, 7) is 1.51. The number of aromatic amines is 1. The molecular formula is C27H30ClN3O6P+. The number of amides is 1. The number of halogens is 1. The largest absolute Gasteiger partial charge is 0.495 e. The predicted octanol–water partition coefficient (Wildman–Crippen LogP) is 4.92. The van der Waals surface area contributed by atoms with Gasteiger partial charge in [-0.3, -0.25) is 4.79 Å². The van der Waals surface area contributed by atoms with Crippen LogP contribution in [0, 0.1) is 6.92 Å². The average Bonchev–Trinajstić information content (AvgIpc) is 3.48. The highest BCUT2D eigenvalue weighted by atomic mass is 35.5. The van der Waals surface area contributed by atoms with Crippen LogP contribution in [0.1, 0.15) is 48.5 Å². The predicted molar refractivity (Wildman–Crippen MR) is 142 cm³/mol. The van der Waals surface area contributed by atoms with Gasteiger partial charge in [-0.15, -0.1) is 0 Å². The number of imidazole rings is 1. The van der Waals surface area contributed by atoms with Crippen molar-refractivity contribution in [1.29, 1.82) is 0 Å².